The summed E-state index contributed by atoms with van der Waals surface area (Å²) in [6.07, 6.45) is 5.70. The van der Waals surface area contributed by atoms with E-state index >= 15 is 0 Å². The van der Waals surface area contributed by atoms with E-state index in [1.54, 1.807) is 0 Å². The van der Waals surface area contributed by atoms with Crippen molar-refractivity contribution in [1.29, 1.82) is 0 Å². The fraction of sp³-hybridized carbons (Fsp3) is 0.810. The minimum atomic E-state index is -1.55. The van der Waals surface area contributed by atoms with Gasteiger partial charge in [0.05, 0.1) is 6.10 Å². The van der Waals surface area contributed by atoms with Crippen LogP contribution < -0.4 is 0 Å². The molecule has 0 aromatic rings. The first-order valence-electron chi connectivity index (χ1n) is 9.93. The quantitative estimate of drug-likeness (QED) is 0.651. The summed E-state index contributed by atoms with van der Waals surface area (Å²) >= 11 is 0. The summed E-state index contributed by atoms with van der Waals surface area (Å²) in [5.41, 5.74) is -1.25. The van der Waals surface area contributed by atoms with Gasteiger partial charge in [0.25, 0.3) is 0 Å². The van der Waals surface area contributed by atoms with Gasteiger partial charge in [-0.3, -0.25) is 9.59 Å². The number of carbonyl (C=O) groups excluding carboxylic acids is 2. The van der Waals surface area contributed by atoms with Crippen molar-refractivity contribution in [3.63, 3.8) is 0 Å². The van der Waals surface area contributed by atoms with Crippen LogP contribution in [0.1, 0.15) is 58.8 Å². The van der Waals surface area contributed by atoms with Gasteiger partial charge in [-0.1, -0.05) is 25.5 Å². The van der Waals surface area contributed by atoms with Crippen molar-refractivity contribution >= 4 is 11.6 Å². The second kappa shape index (κ2) is 5.73. The lowest BCUT2D eigenvalue weighted by atomic mass is 9.46. The molecule has 3 saturated carbocycles. The Balaban J connectivity index is 1.74. The fourth-order valence-corrected chi connectivity index (χ4v) is 7.20. The molecule has 3 N–H and O–H groups in total. The summed E-state index contributed by atoms with van der Waals surface area (Å²) in [5.74, 6) is 0.177. The predicted octanol–water partition coefficient (Wildman–Crippen LogP) is 1.78. The van der Waals surface area contributed by atoms with Crippen molar-refractivity contribution in [3.05, 3.63) is 11.6 Å². The lowest BCUT2D eigenvalue weighted by Crippen LogP contribution is -2.61. The average Bonchev–Trinajstić information content (AvgIpc) is 2.86. The van der Waals surface area contributed by atoms with E-state index in [9.17, 15) is 24.9 Å². The number of Topliss-reactive ketones (excluding diaryl/α,β-unsaturated/α-hetero) is 2. The molecule has 7 atom stereocenters. The zero-order valence-corrected chi connectivity index (χ0v) is 15.7. The van der Waals surface area contributed by atoms with Crippen LogP contribution >= 0.6 is 0 Å². The smallest absolute Gasteiger partial charge is 0.190 e. The fourth-order valence-electron chi connectivity index (χ4n) is 7.20. The molecule has 3 fully saturated rings. The summed E-state index contributed by atoms with van der Waals surface area (Å²) < 4.78 is 0. The molecule has 0 amide bonds. The molecule has 4 aliphatic rings. The van der Waals surface area contributed by atoms with E-state index in [0.717, 1.165) is 19.3 Å². The lowest BCUT2D eigenvalue weighted by Gasteiger charge is -2.59. The second-order valence-electron chi connectivity index (χ2n) is 9.56. The third-order valence-electron chi connectivity index (χ3n) is 8.63. The Kier molecular flexibility index (Phi) is 4.04. The van der Waals surface area contributed by atoms with E-state index in [4.69, 9.17) is 0 Å². The summed E-state index contributed by atoms with van der Waals surface area (Å²) in [6, 6.07) is 0. The Morgan fingerprint density at radius 1 is 1.31 bits per heavy atom. The molecule has 0 heterocycles. The van der Waals surface area contributed by atoms with E-state index in [1.807, 2.05) is 6.92 Å². The van der Waals surface area contributed by atoms with E-state index in [-0.39, 0.29) is 29.0 Å². The van der Waals surface area contributed by atoms with Gasteiger partial charge in [0.1, 0.15) is 18.0 Å². The van der Waals surface area contributed by atoms with Crippen molar-refractivity contribution in [2.24, 2.45) is 28.6 Å². The van der Waals surface area contributed by atoms with Crippen molar-refractivity contribution in [2.45, 2.75) is 70.5 Å². The van der Waals surface area contributed by atoms with Crippen molar-refractivity contribution in [2.75, 3.05) is 6.61 Å². The van der Waals surface area contributed by atoms with Gasteiger partial charge in [-0.25, -0.2) is 0 Å². The number of aliphatic hydroxyl groups excluding tert-OH is 2. The SMILES string of the molecule is C[C@]12CCC(=O)CC1=CCC1C2[C@@H](O)C[C@@]2(C)C1CC[C@]2(O)C(=O)CO. The largest absolute Gasteiger partial charge is 0.393 e. The maximum absolute atomic E-state index is 12.4. The predicted molar refractivity (Wildman–Crippen MR) is 95.1 cm³/mol. The summed E-state index contributed by atoms with van der Waals surface area (Å²) in [6.45, 7) is 3.45. The van der Waals surface area contributed by atoms with Crippen LogP contribution in [0.2, 0.25) is 0 Å². The number of rotatable bonds is 2. The summed E-state index contributed by atoms with van der Waals surface area (Å²) in [5, 5.41) is 31.7. The number of hydrogen-bond donors (Lipinski definition) is 3. The van der Waals surface area contributed by atoms with Crippen molar-refractivity contribution in [3.8, 4) is 0 Å². The highest BCUT2D eigenvalue weighted by molar-refractivity contribution is 5.89. The van der Waals surface area contributed by atoms with E-state index < -0.39 is 29.5 Å². The Morgan fingerprint density at radius 2 is 2.04 bits per heavy atom. The van der Waals surface area contributed by atoms with Crippen molar-refractivity contribution in [1.82, 2.24) is 0 Å². The Labute approximate surface area is 154 Å². The molecule has 26 heavy (non-hydrogen) atoms. The second-order valence-corrected chi connectivity index (χ2v) is 9.56. The van der Waals surface area contributed by atoms with Gasteiger partial charge in [0.2, 0.25) is 0 Å². The molecular weight excluding hydrogens is 332 g/mol. The molecule has 4 rings (SSSR count). The first kappa shape index (κ1) is 18.3. The molecular formula is C21H30O5. The van der Waals surface area contributed by atoms with Gasteiger partial charge in [0, 0.05) is 18.3 Å². The molecule has 4 aliphatic carbocycles. The minimum Gasteiger partial charge on any atom is -0.393 e. The number of ketones is 2. The molecule has 144 valence electrons. The molecule has 0 saturated heterocycles. The molecule has 0 radical (unpaired) electrons. The van der Waals surface area contributed by atoms with Crippen LogP contribution in [0.15, 0.2) is 11.6 Å². The van der Waals surface area contributed by atoms with Gasteiger partial charge in [-0.05, 0) is 55.3 Å². The Bertz CT molecular complexity index is 684. The number of allylic oxidation sites excluding steroid dienone is 2. The molecule has 5 nitrogen and oxygen atoms in total. The molecule has 0 aliphatic heterocycles. The standard InChI is InChI=1S/C21H30O5/c1-19-7-5-13(23)9-12(19)3-4-14-15-6-8-21(26,17(25)11-22)20(15,2)10-16(24)18(14)19/h3,14-16,18,22,24,26H,4-11H2,1-2H3/t14?,15?,16-,18?,19-,20-,21-/m0/s1. The monoisotopic (exact) mass is 362 g/mol. The topological polar surface area (TPSA) is 94.8 Å². The number of fused-ring (bicyclic) bond motifs is 5. The molecule has 0 aromatic heterocycles. The van der Waals surface area contributed by atoms with Crippen LogP contribution in [0.4, 0.5) is 0 Å². The maximum Gasteiger partial charge on any atom is 0.190 e. The van der Waals surface area contributed by atoms with Gasteiger partial charge in [-0.15, -0.1) is 0 Å². The molecule has 0 spiro atoms. The number of carbonyl (C=O) groups is 2. The molecule has 5 heteroatoms. The number of aliphatic hydroxyl groups is 3. The average molecular weight is 362 g/mol. The zero-order valence-electron chi connectivity index (χ0n) is 15.7. The van der Waals surface area contributed by atoms with Gasteiger partial charge in [0.15, 0.2) is 5.78 Å². The highest BCUT2D eigenvalue weighted by Crippen LogP contribution is 2.67. The van der Waals surface area contributed by atoms with Gasteiger partial charge >= 0.3 is 0 Å². The van der Waals surface area contributed by atoms with Crippen LogP contribution in [0.3, 0.4) is 0 Å². The highest BCUT2D eigenvalue weighted by Gasteiger charge is 2.67. The van der Waals surface area contributed by atoms with Crippen LogP contribution in [-0.4, -0.2) is 45.2 Å². The van der Waals surface area contributed by atoms with E-state index in [0.29, 0.717) is 25.7 Å². The lowest BCUT2D eigenvalue weighted by molar-refractivity contribution is -0.180. The normalized spacial score (nSPS) is 50.5. The highest BCUT2D eigenvalue weighted by atomic mass is 16.3. The third kappa shape index (κ3) is 2.14. The molecule has 3 unspecified atom stereocenters. The summed E-state index contributed by atoms with van der Waals surface area (Å²) in [7, 11) is 0. The molecule has 0 bridgehead atoms. The maximum atomic E-state index is 12.4. The van der Waals surface area contributed by atoms with Crippen LogP contribution in [0.25, 0.3) is 0 Å². The first-order valence-corrected chi connectivity index (χ1v) is 9.93. The third-order valence-corrected chi connectivity index (χ3v) is 8.63. The van der Waals surface area contributed by atoms with Crippen molar-refractivity contribution < 1.29 is 24.9 Å². The van der Waals surface area contributed by atoms with Crippen LogP contribution in [0.5, 0.6) is 0 Å². The van der Waals surface area contributed by atoms with E-state index in [1.165, 1.54) is 5.57 Å². The van der Waals surface area contributed by atoms with Crippen LogP contribution in [-0.2, 0) is 9.59 Å². The Hall–Kier alpha value is -1.04. The first-order chi connectivity index (χ1) is 12.2. The van der Waals surface area contributed by atoms with E-state index in [2.05, 4.69) is 13.0 Å². The zero-order chi connectivity index (χ0) is 18.9. The molecule has 0 aromatic carbocycles. The van der Waals surface area contributed by atoms with Gasteiger partial charge in [-0.2, -0.15) is 0 Å². The van der Waals surface area contributed by atoms with Gasteiger partial charge < -0.3 is 15.3 Å². The number of hydrogen-bond acceptors (Lipinski definition) is 5. The summed E-state index contributed by atoms with van der Waals surface area (Å²) in [4.78, 5) is 24.3. The van der Waals surface area contributed by atoms with Crippen LogP contribution in [0, 0.1) is 28.6 Å². The Morgan fingerprint density at radius 3 is 2.73 bits per heavy atom. The minimum absolute atomic E-state index is 0.0697.